The van der Waals surface area contributed by atoms with Crippen LogP contribution < -0.4 is 5.73 Å². The lowest BCUT2D eigenvalue weighted by atomic mass is 9.74. The number of hydrogen-bond acceptors (Lipinski definition) is 3. The molecule has 0 heterocycles. The summed E-state index contributed by atoms with van der Waals surface area (Å²) in [6.45, 7) is 4.32. The molecule has 0 aliphatic heterocycles. The van der Waals surface area contributed by atoms with Crippen molar-refractivity contribution in [1.82, 2.24) is 0 Å². The molecular formula is C13H25NO2. The molecule has 3 nitrogen and oxygen atoms in total. The van der Waals surface area contributed by atoms with Crippen LogP contribution in [0.15, 0.2) is 0 Å². The number of carbonyl (C=O) groups excluding carboxylic acids is 1. The summed E-state index contributed by atoms with van der Waals surface area (Å²) in [5.41, 5.74) is 6.23. The predicted octanol–water partition coefficient (Wildman–Crippen LogP) is 2.48. The van der Waals surface area contributed by atoms with Gasteiger partial charge in [0.1, 0.15) is 0 Å². The Kier molecular flexibility index (Phi) is 4.78. The SMILES string of the molecule is CCC1CCC(CC(=O)OC)(C(N)CC)C1. The molecule has 0 amide bonds. The van der Waals surface area contributed by atoms with Crippen molar-refractivity contribution in [2.45, 2.75) is 58.4 Å². The second-order valence-corrected chi connectivity index (χ2v) is 5.15. The zero-order valence-electron chi connectivity index (χ0n) is 10.8. The molecule has 0 bridgehead atoms. The average molecular weight is 227 g/mol. The molecular weight excluding hydrogens is 202 g/mol. The van der Waals surface area contributed by atoms with Crippen LogP contribution in [-0.4, -0.2) is 19.1 Å². The quantitative estimate of drug-likeness (QED) is 0.734. The van der Waals surface area contributed by atoms with Crippen LogP contribution in [0, 0.1) is 11.3 Å². The maximum Gasteiger partial charge on any atom is 0.306 e. The molecule has 3 heteroatoms. The highest BCUT2D eigenvalue weighted by molar-refractivity contribution is 5.70. The van der Waals surface area contributed by atoms with Gasteiger partial charge >= 0.3 is 5.97 Å². The van der Waals surface area contributed by atoms with E-state index in [-0.39, 0.29) is 17.4 Å². The number of ether oxygens (including phenoxy) is 1. The summed E-state index contributed by atoms with van der Waals surface area (Å²) in [5, 5.41) is 0. The van der Waals surface area contributed by atoms with Crippen molar-refractivity contribution in [1.29, 1.82) is 0 Å². The lowest BCUT2D eigenvalue weighted by Gasteiger charge is -2.34. The summed E-state index contributed by atoms with van der Waals surface area (Å²) < 4.78 is 4.81. The number of rotatable bonds is 5. The van der Waals surface area contributed by atoms with E-state index in [0.717, 1.165) is 25.2 Å². The molecule has 94 valence electrons. The lowest BCUT2D eigenvalue weighted by molar-refractivity contribution is -0.143. The van der Waals surface area contributed by atoms with Gasteiger partial charge in [-0.15, -0.1) is 0 Å². The maximum atomic E-state index is 11.5. The van der Waals surface area contributed by atoms with Crippen LogP contribution in [0.25, 0.3) is 0 Å². The van der Waals surface area contributed by atoms with E-state index in [4.69, 9.17) is 10.5 Å². The van der Waals surface area contributed by atoms with E-state index in [1.54, 1.807) is 0 Å². The van der Waals surface area contributed by atoms with Crippen molar-refractivity contribution in [2.75, 3.05) is 7.11 Å². The van der Waals surface area contributed by atoms with Crippen LogP contribution >= 0.6 is 0 Å². The fourth-order valence-corrected chi connectivity index (χ4v) is 3.04. The van der Waals surface area contributed by atoms with Crippen LogP contribution in [0.4, 0.5) is 0 Å². The van der Waals surface area contributed by atoms with E-state index in [1.165, 1.54) is 20.0 Å². The number of carbonyl (C=O) groups is 1. The van der Waals surface area contributed by atoms with Gasteiger partial charge in [-0.25, -0.2) is 0 Å². The first kappa shape index (κ1) is 13.5. The van der Waals surface area contributed by atoms with E-state index >= 15 is 0 Å². The van der Waals surface area contributed by atoms with Crippen LogP contribution in [0.3, 0.4) is 0 Å². The number of nitrogens with two attached hydrogens (primary N) is 1. The molecule has 1 rings (SSSR count). The Morgan fingerprint density at radius 2 is 2.25 bits per heavy atom. The maximum absolute atomic E-state index is 11.5. The first-order valence-electron chi connectivity index (χ1n) is 6.40. The first-order chi connectivity index (χ1) is 7.57. The summed E-state index contributed by atoms with van der Waals surface area (Å²) in [6, 6.07) is 0.128. The molecule has 1 aliphatic rings. The van der Waals surface area contributed by atoms with Gasteiger partial charge < -0.3 is 10.5 Å². The van der Waals surface area contributed by atoms with E-state index in [9.17, 15) is 4.79 Å². The Morgan fingerprint density at radius 1 is 1.56 bits per heavy atom. The van der Waals surface area contributed by atoms with Gasteiger partial charge in [0, 0.05) is 6.04 Å². The molecule has 1 fully saturated rings. The summed E-state index contributed by atoms with van der Waals surface area (Å²) in [4.78, 5) is 11.5. The minimum absolute atomic E-state index is 0.00250. The molecule has 0 aromatic rings. The van der Waals surface area contributed by atoms with Gasteiger partial charge in [-0.1, -0.05) is 20.3 Å². The zero-order chi connectivity index (χ0) is 12.2. The summed E-state index contributed by atoms with van der Waals surface area (Å²) in [7, 11) is 1.46. The Balaban J connectivity index is 2.74. The van der Waals surface area contributed by atoms with Crippen LogP contribution in [-0.2, 0) is 9.53 Å². The van der Waals surface area contributed by atoms with E-state index < -0.39 is 0 Å². The van der Waals surface area contributed by atoms with Gasteiger partial charge in [0.15, 0.2) is 0 Å². The van der Waals surface area contributed by atoms with E-state index in [2.05, 4.69) is 13.8 Å². The molecule has 3 unspecified atom stereocenters. The largest absolute Gasteiger partial charge is 0.469 e. The summed E-state index contributed by atoms with van der Waals surface area (Å²) >= 11 is 0. The van der Waals surface area contributed by atoms with Gasteiger partial charge in [-0.05, 0) is 37.0 Å². The smallest absolute Gasteiger partial charge is 0.306 e. The topological polar surface area (TPSA) is 52.3 Å². The molecule has 0 spiro atoms. The minimum atomic E-state index is -0.111. The average Bonchev–Trinajstić information content (AvgIpc) is 2.72. The first-order valence-corrected chi connectivity index (χ1v) is 6.40. The molecule has 2 N–H and O–H groups in total. The molecule has 0 saturated heterocycles. The lowest BCUT2D eigenvalue weighted by Crippen LogP contribution is -2.41. The van der Waals surface area contributed by atoms with Crippen molar-refractivity contribution in [3.8, 4) is 0 Å². The van der Waals surface area contributed by atoms with Gasteiger partial charge in [0.2, 0.25) is 0 Å². The van der Waals surface area contributed by atoms with Crippen molar-refractivity contribution in [3.05, 3.63) is 0 Å². The highest BCUT2D eigenvalue weighted by Gasteiger charge is 2.44. The predicted molar refractivity (Wildman–Crippen MR) is 65.0 cm³/mol. The molecule has 16 heavy (non-hydrogen) atoms. The summed E-state index contributed by atoms with van der Waals surface area (Å²) in [6.07, 6.45) is 6.01. The second kappa shape index (κ2) is 5.67. The monoisotopic (exact) mass is 227 g/mol. The molecule has 0 radical (unpaired) electrons. The number of hydrogen-bond donors (Lipinski definition) is 1. The molecule has 1 saturated carbocycles. The van der Waals surface area contributed by atoms with Crippen molar-refractivity contribution in [3.63, 3.8) is 0 Å². The van der Waals surface area contributed by atoms with Crippen LogP contribution in [0.5, 0.6) is 0 Å². The van der Waals surface area contributed by atoms with Gasteiger partial charge in [-0.2, -0.15) is 0 Å². The van der Waals surface area contributed by atoms with Crippen molar-refractivity contribution >= 4 is 5.97 Å². The Hall–Kier alpha value is -0.570. The Labute approximate surface area is 98.7 Å². The molecule has 1 aliphatic carbocycles. The fraction of sp³-hybridized carbons (Fsp3) is 0.923. The fourth-order valence-electron chi connectivity index (χ4n) is 3.04. The third-order valence-corrected chi connectivity index (χ3v) is 4.27. The normalized spacial score (nSPS) is 31.4. The van der Waals surface area contributed by atoms with Gasteiger partial charge in [-0.3, -0.25) is 4.79 Å². The minimum Gasteiger partial charge on any atom is -0.469 e. The Bertz CT molecular complexity index is 242. The van der Waals surface area contributed by atoms with Crippen LogP contribution in [0.2, 0.25) is 0 Å². The van der Waals surface area contributed by atoms with E-state index in [0.29, 0.717) is 6.42 Å². The third-order valence-electron chi connectivity index (χ3n) is 4.27. The van der Waals surface area contributed by atoms with Crippen molar-refractivity contribution in [2.24, 2.45) is 17.1 Å². The highest BCUT2D eigenvalue weighted by Crippen LogP contribution is 2.48. The number of esters is 1. The van der Waals surface area contributed by atoms with E-state index in [1.807, 2.05) is 0 Å². The summed E-state index contributed by atoms with van der Waals surface area (Å²) in [5.74, 6) is 0.628. The Morgan fingerprint density at radius 3 is 2.69 bits per heavy atom. The molecule has 0 aromatic heterocycles. The van der Waals surface area contributed by atoms with Gasteiger partial charge in [0.05, 0.1) is 13.5 Å². The van der Waals surface area contributed by atoms with Crippen molar-refractivity contribution < 1.29 is 9.53 Å². The standard InChI is InChI=1S/C13H25NO2/c1-4-10-6-7-13(8-10,11(14)5-2)9-12(15)16-3/h10-11H,4-9,14H2,1-3H3. The second-order valence-electron chi connectivity index (χ2n) is 5.15. The third kappa shape index (κ3) is 2.76. The van der Waals surface area contributed by atoms with Crippen LogP contribution in [0.1, 0.15) is 52.4 Å². The zero-order valence-corrected chi connectivity index (χ0v) is 10.8. The van der Waals surface area contributed by atoms with Gasteiger partial charge in [0.25, 0.3) is 0 Å². The molecule has 0 aromatic carbocycles. The number of methoxy groups -OCH3 is 1. The highest BCUT2D eigenvalue weighted by atomic mass is 16.5. The molecule has 3 atom stereocenters.